The Balaban J connectivity index is 1.70. The van der Waals surface area contributed by atoms with Crippen molar-refractivity contribution in [2.45, 2.75) is 12.8 Å². The molecule has 2 aromatic carbocycles. The maximum Gasteiger partial charge on any atom is 0.268 e. The molecule has 0 N–H and O–H groups in total. The highest BCUT2D eigenvalue weighted by Crippen LogP contribution is 2.39. The van der Waals surface area contributed by atoms with Crippen LogP contribution in [-0.2, 0) is 12.8 Å². The van der Waals surface area contributed by atoms with Gasteiger partial charge in [-0.15, -0.1) is 11.3 Å². The summed E-state index contributed by atoms with van der Waals surface area (Å²) in [4.78, 5) is 16.6. The topological polar surface area (TPSA) is 20.3 Å². The highest BCUT2D eigenvalue weighted by molar-refractivity contribution is 7.17. The van der Waals surface area contributed by atoms with Crippen molar-refractivity contribution < 1.29 is 4.79 Å². The summed E-state index contributed by atoms with van der Waals surface area (Å²) in [5.74, 6) is 0.0630. The summed E-state index contributed by atoms with van der Waals surface area (Å²) in [7, 11) is 1.84. The van der Waals surface area contributed by atoms with Crippen LogP contribution in [0, 0.1) is 0 Å². The number of hydrogen-bond acceptors (Lipinski definition) is 2. The van der Waals surface area contributed by atoms with E-state index in [0.29, 0.717) is 0 Å². The van der Waals surface area contributed by atoms with Gasteiger partial charge < -0.3 is 4.90 Å². The van der Waals surface area contributed by atoms with E-state index in [1.165, 1.54) is 21.6 Å². The van der Waals surface area contributed by atoms with Crippen LogP contribution in [0.3, 0.4) is 0 Å². The van der Waals surface area contributed by atoms with E-state index in [0.717, 1.165) is 23.4 Å². The number of aryl methyl sites for hydroxylation is 2. The van der Waals surface area contributed by atoms with Gasteiger partial charge in [0, 0.05) is 17.6 Å². The number of rotatable bonds is 2. The number of amides is 1. The Hall–Kier alpha value is -2.39. The molecule has 0 spiro atoms. The van der Waals surface area contributed by atoms with Crippen molar-refractivity contribution in [3.63, 3.8) is 0 Å². The summed E-state index contributed by atoms with van der Waals surface area (Å²) in [5.41, 5.74) is 4.90. The van der Waals surface area contributed by atoms with Gasteiger partial charge in [0.25, 0.3) is 5.91 Å². The number of fused-ring (bicyclic) bond motifs is 3. The van der Waals surface area contributed by atoms with E-state index in [-0.39, 0.29) is 5.91 Å². The average Bonchev–Trinajstić information content (AvgIpc) is 3.06. The van der Waals surface area contributed by atoms with Gasteiger partial charge in [-0.3, -0.25) is 4.79 Å². The molecule has 3 heteroatoms. The predicted octanol–water partition coefficient (Wildman–Crippen LogP) is 4.79. The van der Waals surface area contributed by atoms with Crippen LogP contribution in [0.25, 0.3) is 10.4 Å². The highest BCUT2D eigenvalue weighted by Gasteiger charge is 2.23. The van der Waals surface area contributed by atoms with E-state index < -0.39 is 0 Å². The maximum atomic E-state index is 12.8. The first-order chi connectivity index (χ1) is 11.2. The maximum absolute atomic E-state index is 12.8. The van der Waals surface area contributed by atoms with Crippen LogP contribution in [0.1, 0.15) is 20.8 Å². The minimum Gasteiger partial charge on any atom is -0.311 e. The number of para-hydroxylation sites is 1. The number of benzene rings is 2. The lowest BCUT2D eigenvalue weighted by Gasteiger charge is -2.16. The van der Waals surface area contributed by atoms with E-state index in [1.807, 2.05) is 37.4 Å². The minimum absolute atomic E-state index is 0.0630. The molecule has 0 saturated heterocycles. The van der Waals surface area contributed by atoms with Crippen molar-refractivity contribution in [2.75, 3.05) is 11.9 Å². The van der Waals surface area contributed by atoms with Gasteiger partial charge >= 0.3 is 0 Å². The van der Waals surface area contributed by atoms with Crippen LogP contribution in [-0.4, -0.2) is 13.0 Å². The van der Waals surface area contributed by atoms with E-state index in [2.05, 4.69) is 30.3 Å². The SMILES string of the molecule is CN(C(=O)c1cc2c(s1)-c1ccccc1CC2)c1ccccc1. The normalized spacial score (nSPS) is 12.4. The fourth-order valence-electron chi connectivity index (χ4n) is 3.11. The first-order valence-corrected chi connectivity index (χ1v) is 8.60. The van der Waals surface area contributed by atoms with Gasteiger partial charge in [0.05, 0.1) is 4.88 Å². The molecule has 1 aliphatic carbocycles. The summed E-state index contributed by atoms with van der Waals surface area (Å²) >= 11 is 1.62. The van der Waals surface area contributed by atoms with E-state index in [4.69, 9.17) is 0 Å². The molecule has 0 aliphatic heterocycles. The quantitative estimate of drug-likeness (QED) is 0.665. The fraction of sp³-hybridized carbons (Fsp3) is 0.150. The highest BCUT2D eigenvalue weighted by atomic mass is 32.1. The molecule has 1 heterocycles. The van der Waals surface area contributed by atoms with Gasteiger partial charge in [-0.2, -0.15) is 0 Å². The Labute approximate surface area is 140 Å². The molecule has 0 atom stereocenters. The summed E-state index contributed by atoms with van der Waals surface area (Å²) < 4.78 is 0. The molecule has 4 rings (SSSR count). The molecule has 0 bridgehead atoms. The Morgan fingerprint density at radius 2 is 1.65 bits per heavy atom. The lowest BCUT2D eigenvalue weighted by Crippen LogP contribution is -2.25. The molecule has 23 heavy (non-hydrogen) atoms. The Morgan fingerprint density at radius 3 is 2.48 bits per heavy atom. The van der Waals surface area contributed by atoms with Crippen molar-refractivity contribution >= 4 is 22.9 Å². The lowest BCUT2D eigenvalue weighted by molar-refractivity contribution is 0.0997. The number of thiophene rings is 1. The molecule has 0 radical (unpaired) electrons. The Bertz CT molecular complexity index is 866. The number of anilines is 1. The smallest absolute Gasteiger partial charge is 0.268 e. The standard InChI is InChI=1S/C20H17NOS/c1-21(16-8-3-2-4-9-16)20(22)18-13-15-12-11-14-7-5-6-10-17(14)19(15)23-18/h2-10,13H,11-12H2,1H3. The Kier molecular flexibility index (Phi) is 3.50. The zero-order chi connectivity index (χ0) is 15.8. The van der Waals surface area contributed by atoms with Crippen LogP contribution >= 0.6 is 11.3 Å². The van der Waals surface area contributed by atoms with Gasteiger partial charge in [0.15, 0.2) is 0 Å². The van der Waals surface area contributed by atoms with Crippen molar-refractivity contribution in [1.82, 2.24) is 0 Å². The number of carbonyl (C=O) groups excluding carboxylic acids is 1. The van der Waals surface area contributed by atoms with Crippen LogP contribution in [0.2, 0.25) is 0 Å². The van der Waals surface area contributed by atoms with Crippen LogP contribution < -0.4 is 4.90 Å². The van der Waals surface area contributed by atoms with Gasteiger partial charge in [0.1, 0.15) is 0 Å². The fourth-order valence-corrected chi connectivity index (χ4v) is 4.36. The predicted molar refractivity (Wildman–Crippen MR) is 96.3 cm³/mol. The van der Waals surface area contributed by atoms with Gasteiger partial charge in [-0.1, -0.05) is 42.5 Å². The van der Waals surface area contributed by atoms with Gasteiger partial charge in [-0.25, -0.2) is 0 Å². The van der Waals surface area contributed by atoms with E-state index in [1.54, 1.807) is 16.2 Å². The van der Waals surface area contributed by atoms with Crippen LogP contribution in [0.4, 0.5) is 5.69 Å². The molecule has 1 amide bonds. The van der Waals surface area contributed by atoms with E-state index >= 15 is 0 Å². The van der Waals surface area contributed by atoms with Crippen molar-refractivity contribution in [1.29, 1.82) is 0 Å². The molecule has 114 valence electrons. The van der Waals surface area contributed by atoms with Crippen LogP contribution in [0.15, 0.2) is 60.7 Å². The molecule has 0 unspecified atom stereocenters. The number of hydrogen-bond donors (Lipinski definition) is 0. The molecule has 1 aromatic heterocycles. The molecular weight excluding hydrogens is 302 g/mol. The zero-order valence-electron chi connectivity index (χ0n) is 13.0. The third kappa shape index (κ3) is 2.47. The first kappa shape index (κ1) is 14.2. The van der Waals surface area contributed by atoms with Gasteiger partial charge in [0.2, 0.25) is 0 Å². The molecule has 2 nitrogen and oxygen atoms in total. The lowest BCUT2D eigenvalue weighted by atomic mass is 9.91. The van der Waals surface area contributed by atoms with Crippen molar-refractivity contribution in [3.8, 4) is 10.4 Å². The second-order valence-electron chi connectivity index (χ2n) is 5.82. The first-order valence-electron chi connectivity index (χ1n) is 7.78. The molecule has 3 aromatic rings. The molecule has 0 saturated carbocycles. The van der Waals surface area contributed by atoms with Crippen molar-refractivity contribution in [3.05, 3.63) is 76.7 Å². The zero-order valence-corrected chi connectivity index (χ0v) is 13.8. The molecular formula is C20H17NOS. The summed E-state index contributed by atoms with van der Waals surface area (Å²) in [5, 5.41) is 0. The monoisotopic (exact) mass is 319 g/mol. The average molecular weight is 319 g/mol. The van der Waals surface area contributed by atoms with Crippen molar-refractivity contribution in [2.24, 2.45) is 0 Å². The summed E-state index contributed by atoms with van der Waals surface area (Å²) in [6.45, 7) is 0. The Morgan fingerprint density at radius 1 is 0.957 bits per heavy atom. The summed E-state index contributed by atoms with van der Waals surface area (Å²) in [6, 6.07) is 20.4. The largest absolute Gasteiger partial charge is 0.311 e. The third-order valence-corrected chi connectivity index (χ3v) is 5.59. The second-order valence-corrected chi connectivity index (χ2v) is 6.87. The molecule has 0 fully saturated rings. The van der Waals surface area contributed by atoms with Gasteiger partial charge in [-0.05, 0) is 47.7 Å². The number of nitrogens with zero attached hydrogens (tertiary/aromatic N) is 1. The second kappa shape index (κ2) is 5.67. The van der Waals surface area contributed by atoms with E-state index in [9.17, 15) is 4.79 Å². The summed E-state index contributed by atoms with van der Waals surface area (Å²) in [6.07, 6.45) is 2.08. The minimum atomic E-state index is 0.0630. The van der Waals surface area contributed by atoms with Crippen LogP contribution in [0.5, 0.6) is 0 Å². The third-order valence-electron chi connectivity index (χ3n) is 4.39. The number of carbonyl (C=O) groups is 1. The molecule has 1 aliphatic rings.